The highest BCUT2D eigenvalue weighted by atomic mass is 32.2. The average Bonchev–Trinajstić information content (AvgIpc) is 3.23. The van der Waals surface area contributed by atoms with E-state index in [0.717, 1.165) is 26.3 Å². The molecule has 120 valence electrons. The summed E-state index contributed by atoms with van der Waals surface area (Å²) in [5.74, 6) is 0.385. The second-order valence-corrected chi connectivity index (χ2v) is 8.09. The Labute approximate surface area is 147 Å². The predicted octanol–water partition coefficient (Wildman–Crippen LogP) is 4.48. The van der Waals surface area contributed by atoms with E-state index in [9.17, 15) is 4.79 Å². The molecule has 0 atom stereocenters. The van der Waals surface area contributed by atoms with Crippen LogP contribution in [0.15, 0.2) is 40.2 Å². The van der Waals surface area contributed by atoms with Gasteiger partial charge in [-0.1, -0.05) is 23.9 Å². The Morgan fingerprint density at radius 3 is 2.57 bits per heavy atom. The number of thioether (sulfide) groups is 1. The zero-order chi connectivity index (χ0) is 16.2. The highest BCUT2D eigenvalue weighted by Crippen LogP contribution is 2.36. The van der Waals surface area contributed by atoms with Crippen LogP contribution in [0.4, 0.5) is 0 Å². The summed E-state index contributed by atoms with van der Waals surface area (Å²) in [6.45, 7) is 3.92. The predicted molar refractivity (Wildman–Crippen MR) is 99.2 cm³/mol. The lowest BCUT2D eigenvalue weighted by Crippen LogP contribution is -2.31. The van der Waals surface area contributed by atoms with Crippen molar-refractivity contribution < 1.29 is 4.79 Å². The maximum absolute atomic E-state index is 11.8. The smallest absolute Gasteiger partial charge is 0.230 e. The molecule has 0 spiro atoms. The number of nitrogens with zero attached hydrogens (tertiary/aromatic N) is 1. The molecule has 4 nitrogen and oxygen atoms in total. The second kappa shape index (κ2) is 7.33. The average molecular weight is 364 g/mol. The lowest BCUT2D eigenvalue weighted by atomic mass is 10.2. The van der Waals surface area contributed by atoms with E-state index >= 15 is 0 Å². The van der Waals surface area contributed by atoms with Crippen molar-refractivity contribution in [2.45, 2.75) is 25.0 Å². The van der Waals surface area contributed by atoms with E-state index in [4.69, 9.17) is 4.98 Å². The Balaban J connectivity index is 1.83. The third-order valence-corrected chi connectivity index (χ3v) is 5.63. The molecule has 23 heavy (non-hydrogen) atoms. The van der Waals surface area contributed by atoms with Gasteiger partial charge in [-0.25, -0.2) is 4.98 Å². The first-order valence-corrected chi connectivity index (χ1v) is 9.98. The molecule has 0 bridgehead atoms. The van der Waals surface area contributed by atoms with E-state index in [1.54, 1.807) is 22.7 Å². The van der Waals surface area contributed by atoms with Gasteiger partial charge in [0.25, 0.3) is 0 Å². The van der Waals surface area contributed by atoms with Gasteiger partial charge in [-0.3, -0.25) is 4.79 Å². The first-order chi connectivity index (χ1) is 11.1. The number of nitrogens with one attached hydrogen (secondary N) is 2. The van der Waals surface area contributed by atoms with Crippen LogP contribution in [-0.4, -0.2) is 27.7 Å². The maximum atomic E-state index is 11.8. The summed E-state index contributed by atoms with van der Waals surface area (Å²) in [4.78, 5) is 22.2. The van der Waals surface area contributed by atoms with Gasteiger partial charge in [-0.15, -0.1) is 22.7 Å². The molecule has 3 rings (SSSR count). The second-order valence-electron chi connectivity index (χ2n) is 5.23. The van der Waals surface area contributed by atoms with Crippen LogP contribution < -0.4 is 5.32 Å². The molecule has 3 heterocycles. The zero-order valence-corrected chi connectivity index (χ0v) is 15.3. The van der Waals surface area contributed by atoms with Crippen LogP contribution in [0.25, 0.3) is 21.1 Å². The van der Waals surface area contributed by atoms with E-state index < -0.39 is 0 Å². The summed E-state index contributed by atoms with van der Waals surface area (Å²) in [7, 11) is 0. The van der Waals surface area contributed by atoms with Crippen LogP contribution >= 0.6 is 34.4 Å². The summed E-state index contributed by atoms with van der Waals surface area (Å²) in [6.07, 6.45) is 0. The van der Waals surface area contributed by atoms with Crippen molar-refractivity contribution >= 4 is 40.3 Å². The third-order valence-electron chi connectivity index (χ3n) is 2.99. The highest BCUT2D eigenvalue weighted by molar-refractivity contribution is 7.99. The first kappa shape index (κ1) is 16.3. The molecule has 0 saturated heterocycles. The van der Waals surface area contributed by atoms with Crippen molar-refractivity contribution in [2.24, 2.45) is 0 Å². The van der Waals surface area contributed by atoms with Crippen molar-refractivity contribution in [3.05, 3.63) is 35.0 Å². The lowest BCUT2D eigenvalue weighted by molar-refractivity contribution is -0.119. The van der Waals surface area contributed by atoms with E-state index in [1.165, 1.54) is 11.8 Å². The monoisotopic (exact) mass is 363 g/mol. The molecule has 0 aromatic carbocycles. The Hall–Kier alpha value is -1.57. The molecule has 0 unspecified atom stereocenters. The maximum Gasteiger partial charge on any atom is 0.230 e. The molecule has 0 fully saturated rings. The van der Waals surface area contributed by atoms with Crippen molar-refractivity contribution in [2.75, 3.05) is 5.75 Å². The third kappa shape index (κ3) is 4.04. The number of carbonyl (C=O) groups is 1. The number of rotatable bonds is 6. The number of amides is 1. The molecular formula is C16H17N3OS3. The fourth-order valence-electron chi connectivity index (χ4n) is 2.11. The van der Waals surface area contributed by atoms with Crippen LogP contribution in [0, 0.1) is 0 Å². The van der Waals surface area contributed by atoms with Crippen LogP contribution in [0.2, 0.25) is 0 Å². The van der Waals surface area contributed by atoms with Gasteiger partial charge in [0.1, 0.15) is 5.69 Å². The number of imidazole rings is 1. The SMILES string of the molecule is CC(C)NC(=O)CSc1nc(-c2cccs2)c(-c2cccs2)[nH]1. The van der Waals surface area contributed by atoms with E-state index in [0.29, 0.717) is 5.75 Å². The Bertz CT molecular complexity index is 709. The van der Waals surface area contributed by atoms with Crippen molar-refractivity contribution in [1.29, 1.82) is 0 Å². The van der Waals surface area contributed by atoms with Gasteiger partial charge in [0.2, 0.25) is 5.91 Å². The molecule has 0 radical (unpaired) electrons. The summed E-state index contributed by atoms with van der Waals surface area (Å²) in [5, 5.41) is 7.77. The van der Waals surface area contributed by atoms with Gasteiger partial charge in [-0.05, 0) is 36.7 Å². The van der Waals surface area contributed by atoms with Crippen molar-refractivity contribution in [3.63, 3.8) is 0 Å². The van der Waals surface area contributed by atoms with Crippen LogP contribution in [0.1, 0.15) is 13.8 Å². The molecular weight excluding hydrogens is 346 g/mol. The minimum Gasteiger partial charge on any atom is -0.353 e. The van der Waals surface area contributed by atoms with Crippen molar-refractivity contribution in [3.8, 4) is 21.1 Å². The minimum atomic E-state index is 0.0248. The van der Waals surface area contributed by atoms with E-state index in [-0.39, 0.29) is 11.9 Å². The summed E-state index contributed by atoms with van der Waals surface area (Å²) < 4.78 is 0. The van der Waals surface area contributed by atoms with Crippen LogP contribution in [0.3, 0.4) is 0 Å². The van der Waals surface area contributed by atoms with Gasteiger partial charge in [0, 0.05) is 6.04 Å². The van der Waals surface area contributed by atoms with Crippen LogP contribution in [0.5, 0.6) is 0 Å². The van der Waals surface area contributed by atoms with Gasteiger partial charge in [0.15, 0.2) is 5.16 Å². The minimum absolute atomic E-state index is 0.0248. The summed E-state index contributed by atoms with van der Waals surface area (Å²) in [6, 6.07) is 8.35. The largest absolute Gasteiger partial charge is 0.353 e. The van der Waals surface area contributed by atoms with Gasteiger partial charge in [-0.2, -0.15) is 0 Å². The van der Waals surface area contributed by atoms with Gasteiger partial charge >= 0.3 is 0 Å². The first-order valence-electron chi connectivity index (χ1n) is 7.23. The van der Waals surface area contributed by atoms with E-state index in [1.807, 2.05) is 31.4 Å². The van der Waals surface area contributed by atoms with E-state index in [2.05, 4.69) is 27.8 Å². The highest BCUT2D eigenvalue weighted by Gasteiger charge is 2.16. The van der Waals surface area contributed by atoms with Gasteiger partial charge < -0.3 is 10.3 Å². The number of carbonyl (C=O) groups excluding carboxylic acids is 1. The quantitative estimate of drug-likeness (QED) is 0.635. The zero-order valence-electron chi connectivity index (χ0n) is 12.8. The molecule has 7 heteroatoms. The Kier molecular flexibility index (Phi) is 5.20. The normalized spacial score (nSPS) is 11.1. The number of hydrogen-bond donors (Lipinski definition) is 2. The molecule has 3 aromatic rings. The number of aromatic nitrogens is 2. The number of aromatic amines is 1. The molecule has 3 aromatic heterocycles. The lowest BCUT2D eigenvalue weighted by Gasteiger charge is -2.06. The fraction of sp³-hybridized carbons (Fsp3) is 0.250. The molecule has 1 amide bonds. The topological polar surface area (TPSA) is 57.8 Å². The van der Waals surface area contributed by atoms with Gasteiger partial charge in [0.05, 0.1) is 21.2 Å². The Morgan fingerprint density at radius 2 is 1.96 bits per heavy atom. The fourth-order valence-corrected chi connectivity index (χ4v) is 4.24. The number of thiophene rings is 2. The number of hydrogen-bond acceptors (Lipinski definition) is 5. The van der Waals surface area contributed by atoms with Crippen LogP contribution in [-0.2, 0) is 4.79 Å². The summed E-state index contributed by atoms with van der Waals surface area (Å²) >= 11 is 4.78. The molecule has 0 saturated carbocycles. The van der Waals surface area contributed by atoms with Crippen molar-refractivity contribution in [1.82, 2.24) is 15.3 Å². The Morgan fingerprint density at radius 1 is 1.26 bits per heavy atom. The molecule has 0 aliphatic rings. The molecule has 0 aliphatic heterocycles. The standard InChI is InChI=1S/C16H17N3OS3/c1-10(2)17-13(20)9-23-16-18-14(11-5-3-7-21-11)15(19-16)12-6-4-8-22-12/h3-8,10H,9H2,1-2H3,(H,17,20)(H,18,19). The number of H-pyrrole nitrogens is 1. The molecule has 2 N–H and O–H groups in total. The summed E-state index contributed by atoms with van der Waals surface area (Å²) in [5.41, 5.74) is 1.98. The molecule has 0 aliphatic carbocycles.